The molecule has 1 aliphatic rings. The van der Waals surface area contributed by atoms with Gasteiger partial charge in [-0.2, -0.15) is 13.2 Å². The van der Waals surface area contributed by atoms with Gasteiger partial charge in [-0.25, -0.2) is 9.97 Å². The van der Waals surface area contributed by atoms with E-state index in [-0.39, 0.29) is 23.4 Å². The van der Waals surface area contributed by atoms with Crippen molar-refractivity contribution >= 4 is 17.6 Å². The average molecular weight is 380 g/mol. The molecular formula is C18H19F3N4O2. The number of rotatable bonds is 6. The number of aromatic nitrogens is 3. The Bertz CT molecular complexity index is 920. The average Bonchev–Trinajstić information content (AvgIpc) is 3.47. The topological polar surface area (TPSA) is 69.0 Å². The Hall–Kier alpha value is -2.84. The van der Waals surface area contributed by atoms with Crippen LogP contribution in [0.4, 0.5) is 24.7 Å². The number of ether oxygens (including phenoxy) is 1. The van der Waals surface area contributed by atoms with Gasteiger partial charge in [0.15, 0.2) is 11.5 Å². The third-order valence-electron chi connectivity index (χ3n) is 4.50. The van der Waals surface area contributed by atoms with Gasteiger partial charge >= 0.3 is 6.18 Å². The minimum absolute atomic E-state index is 0.0733. The van der Waals surface area contributed by atoms with Crippen molar-refractivity contribution in [3.05, 3.63) is 46.7 Å². The van der Waals surface area contributed by atoms with E-state index in [9.17, 15) is 18.0 Å². The van der Waals surface area contributed by atoms with Crippen molar-refractivity contribution in [3.63, 3.8) is 0 Å². The Morgan fingerprint density at radius 1 is 1.37 bits per heavy atom. The van der Waals surface area contributed by atoms with Gasteiger partial charge in [-0.05, 0) is 37.8 Å². The lowest BCUT2D eigenvalue weighted by molar-refractivity contribution is -0.140. The Kier molecular flexibility index (Phi) is 4.95. The molecule has 0 radical (unpaired) electrons. The van der Waals surface area contributed by atoms with E-state index in [0.29, 0.717) is 11.6 Å². The molecule has 2 aromatic heterocycles. The monoisotopic (exact) mass is 380 g/mol. The third-order valence-corrected chi connectivity index (χ3v) is 4.50. The van der Waals surface area contributed by atoms with Gasteiger partial charge in [0.1, 0.15) is 0 Å². The predicted octanol–water partition coefficient (Wildman–Crippen LogP) is 4.02. The Labute approximate surface area is 153 Å². The second-order valence-electron chi connectivity index (χ2n) is 6.38. The number of hydrogen-bond donors (Lipinski definition) is 1. The third kappa shape index (κ3) is 3.96. The van der Waals surface area contributed by atoms with Crippen LogP contribution in [0.2, 0.25) is 0 Å². The first-order valence-corrected chi connectivity index (χ1v) is 8.39. The van der Waals surface area contributed by atoms with Crippen molar-refractivity contribution in [1.29, 1.82) is 0 Å². The van der Waals surface area contributed by atoms with E-state index in [4.69, 9.17) is 4.74 Å². The van der Waals surface area contributed by atoms with Crippen molar-refractivity contribution in [3.8, 4) is 5.88 Å². The summed E-state index contributed by atoms with van der Waals surface area (Å²) in [7, 11) is 1.22. The Morgan fingerprint density at radius 2 is 2.07 bits per heavy atom. The quantitative estimate of drug-likeness (QED) is 0.820. The van der Waals surface area contributed by atoms with Crippen LogP contribution in [-0.2, 0) is 6.18 Å². The van der Waals surface area contributed by atoms with E-state index in [0.717, 1.165) is 18.9 Å². The lowest BCUT2D eigenvalue weighted by Gasteiger charge is -2.18. The summed E-state index contributed by atoms with van der Waals surface area (Å²) in [5, 5.41) is 2.50. The van der Waals surface area contributed by atoms with Gasteiger partial charge in [-0.1, -0.05) is 6.58 Å². The molecule has 2 heterocycles. The van der Waals surface area contributed by atoms with Gasteiger partial charge in [-0.15, -0.1) is 0 Å². The molecule has 6 nitrogen and oxygen atoms in total. The zero-order chi connectivity index (χ0) is 19.8. The summed E-state index contributed by atoms with van der Waals surface area (Å²) in [5.41, 5.74) is -1.67. The van der Waals surface area contributed by atoms with Crippen molar-refractivity contribution in [2.75, 3.05) is 12.4 Å². The number of halogens is 3. The van der Waals surface area contributed by atoms with Crippen LogP contribution in [0.5, 0.6) is 5.88 Å². The number of methoxy groups -OCH3 is 1. The van der Waals surface area contributed by atoms with Gasteiger partial charge < -0.3 is 14.6 Å². The molecule has 1 N–H and O–H groups in total. The van der Waals surface area contributed by atoms with Crippen LogP contribution in [0.15, 0.2) is 29.7 Å². The molecule has 144 valence electrons. The van der Waals surface area contributed by atoms with E-state index in [1.54, 1.807) is 6.20 Å². The number of nitrogens with zero attached hydrogens (tertiary/aromatic N) is 3. The van der Waals surface area contributed by atoms with Gasteiger partial charge in [0.25, 0.3) is 5.56 Å². The van der Waals surface area contributed by atoms with Crippen LogP contribution in [0.25, 0.3) is 6.08 Å². The maximum Gasteiger partial charge on any atom is 0.435 e. The molecule has 0 saturated heterocycles. The fourth-order valence-electron chi connectivity index (χ4n) is 2.82. The Morgan fingerprint density at radius 3 is 2.63 bits per heavy atom. The number of anilines is 2. The number of pyridine rings is 1. The minimum atomic E-state index is -4.73. The normalized spacial score (nSPS) is 15.3. The zero-order valence-corrected chi connectivity index (χ0v) is 14.9. The van der Waals surface area contributed by atoms with Crippen molar-refractivity contribution in [2.45, 2.75) is 32.0 Å². The van der Waals surface area contributed by atoms with Crippen molar-refractivity contribution in [1.82, 2.24) is 14.5 Å². The fraction of sp³-hybridized carbons (Fsp3) is 0.389. The summed E-state index contributed by atoms with van der Waals surface area (Å²) in [6.07, 6.45) is 0.316. The standard InChI is InChI=1S/C18H19F3N4O2/c1-4-12-9-25(10(2)11-5-6-11)17(26)16(22-12)23-13-7-8-14(27-3)24-15(13)18(19,20)21/h4,7-11H,1,5-6H2,2-3H3,(H,22,23)/t10-/m1/s1. The first-order chi connectivity index (χ1) is 12.7. The first-order valence-electron chi connectivity index (χ1n) is 8.39. The van der Waals surface area contributed by atoms with Gasteiger partial charge in [0.05, 0.1) is 18.5 Å². The van der Waals surface area contributed by atoms with Crippen molar-refractivity contribution < 1.29 is 17.9 Å². The molecule has 1 aliphatic carbocycles. The number of alkyl halides is 3. The van der Waals surface area contributed by atoms with Crippen LogP contribution < -0.4 is 15.6 Å². The summed E-state index contributed by atoms with van der Waals surface area (Å²) in [6, 6.07) is 2.36. The Balaban J connectivity index is 2.06. The highest BCUT2D eigenvalue weighted by Crippen LogP contribution is 2.39. The second-order valence-corrected chi connectivity index (χ2v) is 6.38. The predicted molar refractivity (Wildman–Crippen MR) is 95.1 cm³/mol. The van der Waals surface area contributed by atoms with E-state index in [2.05, 4.69) is 21.9 Å². The second kappa shape index (κ2) is 7.05. The highest BCUT2D eigenvalue weighted by atomic mass is 19.4. The SMILES string of the molecule is C=Cc1cn([C@H](C)C2CC2)c(=O)c(Nc2ccc(OC)nc2C(F)(F)F)n1. The van der Waals surface area contributed by atoms with E-state index in [1.807, 2.05) is 6.92 Å². The highest BCUT2D eigenvalue weighted by molar-refractivity contribution is 5.60. The molecule has 3 rings (SSSR count). The lowest BCUT2D eigenvalue weighted by Crippen LogP contribution is -2.28. The molecule has 0 aliphatic heterocycles. The minimum Gasteiger partial charge on any atom is -0.481 e. The maximum atomic E-state index is 13.4. The van der Waals surface area contributed by atoms with Crippen LogP contribution >= 0.6 is 0 Å². The molecule has 0 unspecified atom stereocenters. The van der Waals surface area contributed by atoms with Gasteiger partial charge in [0.2, 0.25) is 5.88 Å². The van der Waals surface area contributed by atoms with E-state index in [1.165, 1.54) is 23.8 Å². The molecule has 0 aromatic carbocycles. The summed E-state index contributed by atoms with van der Waals surface area (Å²) in [6.45, 7) is 5.54. The molecule has 1 atom stereocenters. The summed E-state index contributed by atoms with van der Waals surface area (Å²) in [5.74, 6) is -0.0122. The van der Waals surface area contributed by atoms with Crippen LogP contribution in [0.3, 0.4) is 0 Å². The molecule has 1 saturated carbocycles. The maximum absolute atomic E-state index is 13.4. The van der Waals surface area contributed by atoms with Crippen molar-refractivity contribution in [2.24, 2.45) is 5.92 Å². The summed E-state index contributed by atoms with van der Waals surface area (Å²) < 4.78 is 46.3. The molecule has 0 bridgehead atoms. The largest absolute Gasteiger partial charge is 0.481 e. The number of nitrogens with one attached hydrogen (secondary N) is 1. The molecular weight excluding hydrogens is 361 g/mol. The van der Waals surface area contributed by atoms with Crippen LogP contribution in [0.1, 0.15) is 37.2 Å². The summed E-state index contributed by atoms with van der Waals surface area (Å²) in [4.78, 5) is 20.3. The molecule has 2 aromatic rings. The summed E-state index contributed by atoms with van der Waals surface area (Å²) >= 11 is 0. The van der Waals surface area contributed by atoms with E-state index >= 15 is 0 Å². The molecule has 9 heteroatoms. The first kappa shape index (κ1) is 18.9. The molecule has 0 amide bonds. The fourth-order valence-corrected chi connectivity index (χ4v) is 2.82. The van der Waals surface area contributed by atoms with Crippen LogP contribution in [-0.4, -0.2) is 21.6 Å². The zero-order valence-electron chi connectivity index (χ0n) is 14.9. The van der Waals surface area contributed by atoms with Crippen LogP contribution in [0, 0.1) is 5.92 Å². The van der Waals surface area contributed by atoms with Gasteiger partial charge in [0, 0.05) is 18.3 Å². The highest BCUT2D eigenvalue weighted by Gasteiger charge is 2.37. The molecule has 1 fully saturated rings. The molecule has 27 heavy (non-hydrogen) atoms. The number of hydrogen-bond acceptors (Lipinski definition) is 5. The smallest absolute Gasteiger partial charge is 0.435 e. The van der Waals surface area contributed by atoms with E-state index < -0.39 is 17.4 Å². The van der Waals surface area contributed by atoms with Gasteiger partial charge in [-0.3, -0.25) is 4.79 Å². The molecule has 0 spiro atoms. The lowest BCUT2D eigenvalue weighted by atomic mass is 10.2.